The fraction of sp³-hybridized carbons (Fsp3) is 0.333. The highest BCUT2D eigenvalue weighted by Gasteiger charge is 1.79. The van der Waals surface area contributed by atoms with E-state index in [1.807, 2.05) is 0 Å². The van der Waals surface area contributed by atoms with Crippen molar-refractivity contribution in [1.82, 2.24) is 0 Å². The SMILES string of the molecule is C=C/C=C\OC[NH+](C)[O-]. The van der Waals surface area contributed by atoms with E-state index in [1.165, 1.54) is 13.3 Å². The molecule has 3 nitrogen and oxygen atoms in total. The average Bonchev–Trinajstić information content (AvgIpc) is 1.80. The van der Waals surface area contributed by atoms with E-state index >= 15 is 0 Å². The molecule has 0 amide bonds. The molecule has 0 aromatic rings. The molecule has 3 heteroatoms. The number of quaternary nitrogens is 1. The number of allylic oxidation sites excluding steroid dienone is 2. The molecule has 9 heavy (non-hydrogen) atoms. The van der Waals surface area contributed by atoms with Crippen molar-refractivity contribution >= 4 is 0 Å². The van der Waals surface area contributed by atoms with Crippen LogP contribution in [-0.2, 0) is 4.74 Å². The van der Waals surface area contributed by atoms with Crippen molar-refractivity contribution in [1.29, 1.82) is 0 Å². The van der Waals surface area contributed by atoms with Crippen molar-refractivity contribution in [3.63, 3.8) is 0 Å². The van der Waals surface area contributed by atoms with Gasteiger partial charge in [0.1, 0.15) is 0 Å². The van der Waals surface area contributed by atoms with Crippen molar-refractivity contribution in [2.24, 2.45) is 0 Å². The minimum atomic E-state index is 0.0173. The third kappa shape index (κ3) is 7.20. The van der Waals surface area contributed by atoms with E-state index in [4.69, 9.17) is 4.74 Å². The second-order valence-corrected chi connectivity index (χ2v) is 1.58. The Labute approximate surface area is 54.8 Å². The Hall–Kier alpha value is -0.800. The molecule has 0 bridgehead atoms. The van der Waals surface area contributed by atoms with Crippen molar-refractivity contribution in [3.05, 3.63) is 30.2 Å². The Balaban J connectivity index is 3.08. The summed E-state index contributed by atoms with van der Waals surface area (Å²) in [6.45, 7) is 3.57. The van der Waals surface area contributed by atoms with Crippen molar-refractivity contribution in [2.45, 2.75) is 0 Å². The fourth-order valence-corrected chi connectivity index (χ4v) is 0.277. The van der Waals surface area contributed by atoms with Crippen LogP contribution in [0.2, 0.25) is 0 Å². The van der Waals surface area contributed by atoms with Gasteiger partial charge in [0.05, 0.1) is 13.3 Å². The molecule has 0 rings (SSSR count). The van der Waals surface area contributed by atoms with E-state index in [9.17, 15) is 5.21 Å². The first-order chi connectivity index (χ1) is 4.27. The first kappa shape index (κ1) is 8.20. The predicted molar refractivity (Wildman–Crippen MR) is 35.5 cm³/mol. The summed E-state index contributed by atoms with van der Waals surface area (Å²) in [4.78, 5) is 0. The maximum atomic E-state index is 10.2. The molecule has 0 saturated heterocycles. The third-order valence-corrected chi connectivity index (χ3v) is 0.597. The largest absolute Gasteiger partial charge is 0.632 e. The van der Waals surface area contributed by atoms with Gasteiger partial charge >= 0.3 is 0 Å². The number of hydrogen-bond donors (Lipinski definition) is 1. The van der Waals surface area contributed by atoms with E-state index in [0.717, 1.165) is 0 Å². The van der Waals surface area contributed by atoms with Crippen LogP contribution >= 0.6 is 0 Å². The molecule has 0 aliphatic rings. The van der Waals surface area contributed by atoms with E-state index in [1.54, 1.807) is 12.2 Å². The summed E-state index contributed by atoms with van der Waals surface area (Å²) < 4.78 is 4.73. The molecule has 1 N–H and O–H groups in total. The average molecular weight is 129 g/mol. The van der Waals surface area contributed by atoms with Crippen molar-refractivity contribution in [3.8, 4) is 0 Å². The molecule has 0 spiro atoms. The number of hydrogen-bond acceptors (Lipinski definition) is 2. The van der Waals surface area contributed by atoms with Crippen LogP contribution < -0.4 is 5.06 Å². The summed E-state index contributed by atoms with van der Waals surface area (Å²) in [6.07, 6.45) is 4.65. The normalized spacial score (nSPS) is 13.6. The molecule has 0 aromatic carbocycles. The second-order valence-electron chi connectivity index (χ2n) is 1.58. The molecule has 0 aliphatic carbocycles. The highest BCUT2D eigenvalue weighted by Crippen LogP contribution is 1.72. The molecule has 0 heterocycles. The molecule has 0 fully saturated rings. The third-order valence-electron chi connectivity index (χ3n) is 0.597. The maximum absolute atomic E-state index is 10.2. The van der Waals surface area contributed by atoms with Gasteiger partial charge in [0, 0.05) is 0 Å². The molecule has 52 valence electrons. The molecule has 1 unspecified atom stereocenters. The van der Waals surface area contributed by atoms with Gasteiger partial charge in [0.2, 0.25) is 6.73 Å². The number of rotatable bonds is 4. The number of hydroxylamine groups is 2. The van der Waals surface area contributed by atoms with E-state index < -0.39 is 0 Å². The zero-order valence-electron chi connectivity index (χ0n) is 5.46. The summed E-state index contributed by atoms with van der Waals surface area (Å²) in [7, 11) is 1.47. The van der Waals surface area contributed by atoms with Crippen LogP contribution in [-0.4, -0.2) is 13.8 Å². The van der Waals surface area contributed by atoms with Gasteiger partial charge in [0.15, 0.2) is 0 Å². The molecular weight excluding hydrogens is 118 g/mol. The Kier molecular flexibility index (Phi) is 4.86. The monoisotopic (exact) mass is 129 g/mol. The lowest BCUT2D eigenvalue weighted by atomic mass is 10.6. The predicted octanol–water partition coefficient (Wildman–Crippen LogP) is -0.327. The number of nitrogens with one attached hydrogen (secondary N) is 1. The van der Waals surface area contributed by atoms with Gasteiger partial charge in [0.25, 0.3) is 0 Å². The number of ether oxygens (including phenoxy) is 1. The Morgan fingerprint density at radius 2 is 2.44 bits per heavy atom. The van der Waals surface area contributed by atoms with Gasteiger partial charge in [-0.1, -0.05) is 12.7 Å². The first-order valence-electron chi connectivity index (χ1n) is 2.66. The zero-order chi connectivity index (χ0) is 7.11. The first-order valence-corrected chi connectivity index (χ1v) is 2.66. The highest BCUT2D eigenvalue weighted by molar-refractivity contribution is 4.92. The second kappa shape index (κ2) is 5.34. The standard InChI is InChI=1S/C6H11NO2/c1-3-4-5-9-6-7(2)8/h3-5,7H,1,6H2,2H3/b5-4-. The molecule has 1 atom stereocenters. The van der Waals surface area contributed by atoms with E-state index in [2.05, 4.69) is 6.58 Å². The van der Waals surface area contributed by atoms with Gasteiger partial charge in [-0.2, -0.15) is 0 Å². The minimum Gasteiger partial charge on any atom is -0.632 e. The molecule has 0 aliphatic heterocycles. The molecule has 0 saturated carbocycles. The van der Waals surface area contributed by atoms with Crippen LogP contribution in [0, 0.1) is 5.21 Å². The summed E-state index contributed by atoms with van der Waals surface area (Å²) >= 11 is 0. The molecular formula is C6H11NO2. The van der Waals surface area contributed by atoms with Crippen LogP contribution in [0.25, 0.3) is 0 Å². The zero-order valence-corrected chi connectivity index (χ0v) is 5.46. The van der Waals surface area contributed by atoms with Crippen LogP contribution in [0.3, 0.4) is 0 Å². The summed E-state index contributed by atoms with van der Waals surface area (Å²) in [5.74, 6) is 0. The summed E-state index contributed by atoms with van der Waals surface area (Å²) in [5, 5.41) is 10.2. The van der Waals surface area contributed by atoms with Crippen LogP contribution in [0.4, 0.5) is 0 Å². The molecule has 0 aromatic heterocycles. The van der Waals surface area contributed by atoms with Gasteiger partial charge in [-0.15, -0.1) is 0 Å². The van der Waals surface area contributed by atoms with E-state index in [-0.39, 0.29) is 11.8 Å². The Bertz CT molecular complexity index is 99.2. The lowest BCUT2D eigenvalue weighted by molar-refractivity contribution is -0.847. The smallest absolute Gasteiger partial charge is 0.221 e. The summed E-state index contributed by atoms with van der Waals surface area (Å²) in [5.41, 5.74) is 0. The van der Waals surface area contributed by atoms with Gasteiger partial charge in [-0.25, -0.2) is 0 Å². The Morgan fingerprint density at radius 3 is 2.89 bits per heavy atom. The topological polar surface area (TPSA) is 36.7 Å². The Morgan fingerprint density at radius 1 is 1.78 bits per heavy atom. The van der Waals surface area contributed by atoms with Gasteiger partial charge < -0.3 is 15.0 Å². The van der Waals surface area contributed by atoms with Crippen LogP contribution in [0.15, 0.2) is 25.0 Å². The lowest BCUT2D eigenvalue weighted by Gasteiger charge is -2.13. The lowest BCUT2D eigenvalue weighted by Crippen LogP contribution is -3.04. The summed E-state index contributed by atoms with van der Waals surface area (Å²) in [6, 6.07) is 0. The fourth-order valence-electron chi connectivity index (χ4n) is 0.277. The van der Waals surface area contributed by atoms with Crippen LogP contribution in [0.1, 0.15) is 0 Å². The quantitative estimate of drug-likeness (QED) is 0.244. The minimum absolute atomic E-state index is 0.0173. The highest BCUT2D eigenvalue weighted by atomic mass is 16.6. The van der Waals surface area contributed by atoms with E-state index in [0.29, 0.717) is 0 Å². The van der Waals surface area contributed by atoms with Crippen LogP contribution in [0.5, 0.6) is 0 Å². The van der Waals surface area contributed by atoms with Gasteiger partial charge in [-0.05, 0) is 6.08 Å². The van der Waals surface area contributed by atoms with Crippen molar-refractivity contribution in [2.75, 3.05) is 13.8 Å². The van der Waals surface area contributed by atoms with Crippen molar-refractivity contribution < 1.29 is 9.80 Å². The van der Waals surface area contributed by atoms with Gasteiger partial charge in [-0.3, -0.25) is 0 Å². The molecule has 0 radical (unpaired) electrons. The maximum Gasteiger partial charge on any atom is 0.221 e.